The Morgan fingerprint density at radius 3 is 2.77 bits per heavy atom. The first kappa shape index (κ1) is 19.3. The van der Waals surface area contributed by atoms with Crippen molar-refractivity contribution in [3.63, 3.8) is 0 Å². The third kappa shape index (κ3) is 4.44. The molecule has 156 valence electrons. The summed E-state index contributed by atoms with van der Waals surface area (Å²) in [6, 6.07) is 22.7. The molecule has 2 heterocycles. The van der Waals surface area contributed by atoms with Crippen molar-refractivity contribution in [2.75, 3.05) is 18.5 Å². The lowest BCUT2D eigenvalue weighted by atomic mass is 10.1. The molecule has 2 N–H and O–H groups in total. The van der Waals surface area contributed by atoms with Crippen molar-refractivity contribution in [3.8, 4) is 17.1 Å². The third-order valence-electron chi connectivity index (χ3n) is 5.36. The van der Waals surface area contributed by atoms with Crippen molar-refractivity contribution in [1.82, 2.24) is 9.97 Å². The molecule has 1 fully saturated rings. The summed E-state index contributed by atoms with van der Waals surface area (Å²) >= 11 is 0. The van der Waals surface area contributed by atoms with Crippen molar-refractivity contribution in [1.29, 1.82) is 0 Å². The van der Waals surface area contributed by atoms with Gasteiger partial charge in [-0.15, -0.1) is 0 Å². The number of H-pyrrole nitrogens is 1. The number of ether oxygens (including phenoxy) is 2. The predicted molar refractivity (Wildman–Crippen MR) is 120 cm³/mol. The van der Waals surface area contributed by atoms with Gasteiger partial charge < -0.3 is 19.8 Å². The number of hydrogen-bond donors (Lipinski definition) is 2. The molecule has 1 aliphatic heterocycles. The fourth-order valence-corrected chi connectivity index (χ4v) is 3.70. The number of nitrogens with zero attached hydrogens (tertiary/aromatic N) is 1. The van der Waals surface area contributed by atoms with Crippen LogP contribution in [0, 0.1) is 0 Å². The van der Waals surface area contributed by atoms with Gasteiger partial charge >= 0.3 is 0 Å². The first-order chi connectivity index (χ1) is 15.2. The van der Waals surface area contributed by atoms with Gasteiger partial charge in [-0.2, -0.15) is 0 Å². The molecule has 1 aromatic heterocycles. The highest BCUT2D eigenvalue weighted by Crippen LogP contribution is 2.24. The molecule has 1 aliphatic rings. The van der Waals surface area contributed by atoms with Crippen molar-refractivity contribution < 1.29 is 14.3 Å². The fraction of sp³-hybridized carbons (Fsp3) is 0.200. The molecule has 5 rings (SSSR count). The molecule has 4 aromatic rings. The lowest BCUT2D eigenvalue weighted by Crippen LogP contribution is -2.16. The fourth-order valence-electron chi connectivity index (χ4n) is 3.70. The molecule has 0 radical (unpaired) electrons. The Labute approximate surface area is 180 Å². The first-order valence-electron chi connectivity index (χ1n) is 10.5. The van der Waals surface area contributed by atoms with E-state index in [0.717, 1.165) is 47.6 Å². The molecule has 0 bridgehead atoms. The van der Waals surface area contributed by atoms with Crippen molar-refractivity contribution in [3.05, 3.63) is 78.4 Å². The van der Waals surface area contributed by atoms with Crippen molar-refractivity contribution >= 4 is 22.6 Å². The molecule has 0 spiro atoms. The smallest absolute Gasteiger partial charge is 0.255 e. The normalized spacial score (nSPS) is 15.8. The van der Waals surface area contributed by atoms with Crippen LogP contribution in [0.15, 0.2) is 72.8 Å². The summed E-state index contributed by atoms with van der Waals surface area (Å²) in [5.41, 5.74) is 4.08. The number of carbonyl (C=O) groups excluding carboxylic acids is 1. The van der Waals surface area contributed by atoms with Gasteiger partial charge in [0.25, 0.3) is 5.91 Å². The van der Waals surface area contributed by atoms with Gasteiger partial charge in [-0.3, -0.25) is 4.79 Å². The second kappa shape index (κ2) is 8.62. The number of imidazole rings is 1. The second-order valence-electron chi connectivity index (χ2n) is 7.61. The Bertz CT molecular complexity index is 1160. The molecule has 6 heteroatoms. The Morgan fingerprint density at radius 2 is 1.97 bits per heavy atom. The van der Waals surface area contributed by atoms with E-state index in [9.17, 15) is 4.79 Å². The van der Waals surface area contributed by atoms with Crippen LogP contribution in [0.3, 0.4) is 0 Å². The van der Waals surface area contributed by atoms with E-state index in [-0.39, 0.29) is 12.0 Å². The van der Waals surface area contributed by atoms with Gasteiger partial charge in [0.05, 0.1) is 17.1 Å². The van der Waals surface area contributed by atoms with Gasteiger partial charge in [-0.1, -0.05) is 24.3 Å². The number of fused-ring (bicyclic) bond motifs is 1. The van der Waals surface area contributed by atoms with Gasteiger partial charge in [0.2, 0.25) is 0 Å². The lowest BCUT2D eigenvalue weighted by Gasteiger charge is -2.12. The Kier molecular flexibility index (Phi) is 5.37. The summed E-state index contributed by atoms with van der Waals surface area (Å²) in [6.07, 6.45) is 2.29. The minimum absolute atomic E-state index is 0.169. The molecular weight excluding hydrogens is 390 g/mol. The number of nitrogens with one attached hydrogen (secondary N) is 2. The highest BCUT2D eigenvalue weighted by molar-refractivity contribution is 6.04. The SMILES string of the molecule is O=C(Nc1cccc(-c2nc3ccccc3[nH]2)c1)c1ccc(OC[C@@H]2CCCO2)cc1. The highest BCUT2D eigenvalue weighted by Gasteiger charge is 2.16. The first-order valence-corrected chi connectivity index (χ1v) is 10.5. The maximum Gasteiger partial charge on any atom is 0.255 e. The number of aromatic nitrogens is 2. The van der Waals surface area contributed by atoms with E-state index in [0.29, 0.717) is 17.9 Å². The van der Waals surface area contributed by atoms with Gasteiger partial charge in [0.15, 0.2) is 0 Å². The Balaban J connectivity index is 1.25. The number of para-hydroxylation sites is 2. The summed E-state index contributed by atoms with van der Waals surface area (Å²) in [4.78, 5) is 20.6. The van der Waals surface area contributed by atoms with Gasteiger partial charge in [0, 0.05) is 23.4 Å². The van der Waals surface area contributed by atoms with E-state index in [1.54, 1.807) is 12.1 Å². The topological polar surface area (TPSA) is 76.2 Å². The maximum atomic E-state index is 12.7. The van der Waals surface area contributed by atoms with Crippen LogP contribution >= 0.6 is 0 Å². The zero-order valence-electron chi connectivity index (χ0n) is 17.0. The van der Waals surface area contributed by atoms with Crippen molar-refractivity contribution in [2.24, 2.45) is 0 Å². The number of anilines is 1. The molecule has 6 nitrogen and oxygen atoms in total. The maximum absolute atomic E-state index is 12.7. The van der Waals surface area contributed by atoms with Crippen LogP contribution in [0.25, 0.3) is 22.4 Å². The van der Waals surface area contributed by atoms with Crippen molar-refractivity contribution in [2.45, 2.75) is 18.9 Å². The van der Waals surface area contributed by atoms with Crippen LogP contribution < -0.4 is 10.1 Å². The van der Waals surface area contributed by atoms with Gasteiger partial charge in [-0.05, 0) is 61.4 Å². The summed E-state index contributed by atoms with van der Waals surface area (Å²) < 4.78 is 11.3. The quantitative estimate of drug-likeness (QED) is 0.464. The molecule has 1 amide bonds. The lowest BCUT2D eigenvalue weighted by molar-refractivity contribution is 0.0679. The summed E-state index contributed by atoms with van der Waals surface area (Å²) in [5, 5.41) is 2.96. The monoisotopic (exact) mass is 413 g/mol. The zero-order valence-corrected chi connectivity index (χ0v) is 17.0. The minimum Gasteiger partial charge on any atom is -0.491 e. The average Bonchev–Trinajstić information content (AvgIpc) is 3.48. The zero-order chi connectivity index (χ0) is 21.0. The predicted octanol–water partition coefficient (Wildman–Crippen LogP) is 5.04. The Morgan fingerprint density at radius 1 is 1.10 bits per heavy atom. The van der Waals surface area contributed by atoms with E-state index in [4.69, 9.17) is 9.47 Å². The number of hydrogen-bond acceptors (Lipinski definition) is 4. The third-order valence-corrected chi connectivity index (χ3v) is 5.36. The van der Waals surface area contributed by atoms with E-state index in [1.165, 1.54) is 0 Å². The largest absolute Gasteiger partial charge is 0.491 e. The summed E-state index contributed by atoms with van der Waals surface area (Å²) in [5.74, 6) is 1.33. The average molecular weight is 413 g/mol. The van der Waals surface area contributed by atoms with Crippen LogP contribution in [0.2, 0.25) is 0 Å². The number of carbonyl (C=O) groups is 1. The number of benzene rings is 3. The molecule has 0 unspecified atom stereocenters. The highest BCUT2D eigenvalue weighted by atomic mass is 16.5. The number of rotatable bonds is 6. The van der Waals surface area contributed by atoms with Crippen LogP contribution in [-0.2, 0) is 4.74 Å². The number of amides is 1. The summed E-state index contributed by atoms with van der Waals surface area (Å²) in [6.45, 7) is 1.35. The molecular formula is C25H23N3O3. The van der Waals surface area contributed by atoms with Crippen LogP contribution in [0.1, 0.15) is 23.2 Å². The minimum atomic E-state index is -0.174. The molecule has 1 atom stereocenters. The van der Waals surface area contributed by atoms with Crippen LogP contribution in [0.4, 0.5) is 5.69 Å². The Hall–Kier alpha value is -3.64. The van der Waals surface area contributed by atoms with Crippen LogP contribution in [-0.4, -0.2) is 35.2 Å². The van der Waals surface area contributed by atoms with Gasteiger partial charge in [0.1, 0.15) is 18.2 Å². The molecule has 3 aromatic carbocycles. The van der Waals surface area contributed by atoms with Gasteiger partial charge in [-0.25, -0.2) is 4.98 Å². The molecule has 31 heavy (non-hydrogen) atoms. The molecule has 1 saturated heterocycles. The standard InChI is InChI=1S/C25H23N3O3/c29-25(17-10-12-20(13-11-17)31-16-21-7-4-14-30-21)26-19-6-3-5-18(15-19)24-27-22-8-1-2-9-23(22)28-24/h1-3,5-6,8-13,15,21H,4,7,14,16H2,(H,26,29)(H,27,28)/t21-/m0/s1. The second-order valence-corrected chi connectivity index (χ2v) is 7.61. The van der Waals surface area contributed by atoms with E-state index < -0.39 is 0 Å². The number of aromatic amines is 1. The van der Waals surface area contributed by atoms with E-state index in [2.05, 4.69) is 15.3 Å². The van der Waals surface area contributed by atoms with E-state index in [1.807, 2.05) is 60.7 Å². The van der Waals surface area contributed by atoms with Crippen LogP contribution in [0.5, 0.6) is 5.75 Å². The summed E-state index contributed by atoms with van der Waals surface area (Å²) in [7, 11) is 0. The van der Waals surface area contributed by atoms with E-state index >= 15 is 0 Å². The molecule has 0 saturated carbocycles. The molecule has 0 aliphatic carbocycles.